The molecule has 124 valence electrons. The summed E-state index contributed by atoms with van der Waals surface area (Å²) in [4.78, 5) is 17.6. The highest BCUT2D eigenvalue weighted by Crippen LogP contribution is 2.22. The summed E-state index contributed by atoms with van der Waals surface area (Å²) in [6.45, 7) is 6.11. The Labute approximate surface area is 150 Å². The molecule has 1 amide bonds. The molecule has 0 unspecified atom stereocenters. The number of imidazole rings is 1. The number of fused-ring (bicyclic) bond motifs is 1. The third-order valence-electron chi connectivity index (χ3n) is 4.04. The third-order valence-corrected chi connectivity index (χ3v) is 4.92. The molecular weight excluding hydrogens is 366 g/mol. The topological polar surface area (TPSA) is 46.4 Å². The first-order valence-electron chi connectivity index (χ1n) is 8.05. The number of rotatable bonds is 4. The fourth-order valence-corrected chi connectivity index (χ4v) is 3.06. The van der Waals surface area contributed by atoms with E-state index < -0.39 is 0 Å². The van der Waals surface area contributed by atoms with Gasteiger partial charge in [0.15, 0.2) is 0 Å². The van der Waals surface area contributed by atoms with Gasteiger partial charge in [0.2, 0.25) is 0 Å². The summed E-state index contributed by atoms with van der Waals surface area (Å²) in [6, 6.07) is 9.74. The average Bonchev–Trinajstić information content (AvgIpc) is 2.91. The Morgan fingerprint density at radius 1 is 1.25 bits per heavy atom. The van der Waals surface area contributed by atoms with E-state index in [0.29, 0.717) is 5.69 Å². The summed E-state index contributed by atoms with van der Waals surface area (Å²) < 4.78 is 2.92. The molecule has 2 heterocycles. The first-order chi connectivity index (χ1) is 11.5. The molecule has 0 spiro atoms. The van der Waals surface area contributed by atoms with Crippen LogP contribution in [0.1, 0.15) is 40.7 Å². The molecule has 3 rings (SSSR count). The Kier molecular flexibility index (Phi) is 4.71. The number of amides is 1. The van der Waals surface area contributed by atoms with Crippen LogP contribution in [0.15, 0.2) is 41.0 Å². The zero-order valence-corrected chi connectivity index (χ0v) is 15.6. The maximum absolute atomic E-state index is 12.9. The molecule has 0 aliphatic heterocycles. The van der Waals surface area contributed by atoms with Crippen molar-refractivity contribution >= 4 is 33.2 Å². The molecule has 3 aromatic rings. The molecule has 0 saturated heterocycles. The van der Waals surface area contributed by atoms with E-state index in [4.69, 9.17) is 4.98 Å². The van der Waals surface area contributed by atoms with Crippen molar-refractivity contribution in [3.8, 4) is 0 Å². The summed E-state index contributed by atoms with van der Waals surface area (Å²) in [5.74, 6) is -0.127. The van der Waals surface area contributed by atoms with E-state index in [0.717, 1.165) is 45.5 Å². The van der Waals surface area contributed by atoms with Gasteiger partial charge in [-0.3, -0.25) is 9.20 Å². The molecule has 0 bridgehead atoms. The van der Waals surface area contributed by atoms with Crippen LogP contribution < -0.4 is 5.32 Å². The van der Waals surface area contributed by atoms with Crippen molar-refractivity contribution < 1.29 is 4.79 Å². The van der Waals surface area contributed by atoms with Gasteiger partial charge in [0.25, 0.3) is 5.91 Å². The van der Waals surface area contributed by atoms with Gasteiger partial charge in [0.1, 0.15) is 11.3 Å². The van der Waals surface area contributed by atoms with Crippen molar-refractivity contribution in [1.29, 1.82) is 0 Å². The molecule has 0 radical (unpaired) electrons. The minimum Gasteiger partial charge on any atom is -0.321 e. The molecule has 0 aliphatic rings. The first kappa shape index (κ1) is 16.7. The van der Waals surface area contributed by atoms with Gasteiger partial charge < -0.3 is 5.32 Å². The van der Waals surface area contributed by atoms with Crippen molar-refractivity contribution in [3.63, 3.8) is 0 Å². The number of aromatic nitrogens is 2. The van der Waals surface area contributed by atoms with Gasteiger partial charge in [-0.1, -0.05) is 35.3 Å². The number of hydrogen-bond donors (Lipinski definition) is 1. The normalized spacial score (nSPS) is 11.0. The predicted octanol–water partition coefficient (Wildman–Crippen LogP) is 4.92. The van der Waals surface area contributed by atoms with Crippen molar-refractivity contribution in [2.45, 2.75) is 33.6 Å². The second-order valence-electron chi connectivity index (χ2n) is 5.96. The number of hydrogen-bond acceptors (Lipinski definition) is 2. The number of pyridine rings is 1. The van der Waals surface area contributed by atoms with E-state index >= 15 is 0 Å². The van der Waals surface area contributed by atoms with E-state index in [1.807, 2.05) is 54.8 Å². The van der Waals surface area contributed by atoms with Crippen LogP contribution in [0.3, 0.4) is 0 Å². The molecule has 1 aromatic carbocycles. The van der Waals surface area contributed by atoms with E-state index in [9.17, 15) is 4.79 Å². The molecule has 2 aromatic heterocycles. The van der Waals surface area contributed by atoms with Gasteiger partial charge in [0, 0.05) is 16.4 Å². The summed E-state index contributed by atoms with van der Waals surface area (Å²) in [5, 5.41) is 3.00. The minimum absolute atomic E-state index is 0.127. The Hall–Kier alpha value is -2.14. The maximum atomic E-state index is 12.9. The van der Waals surface area contributed by atoms with Crippen LogP contribution in [0.25, 0.3) is 5.65 Å². The zero-order valence-electron chi connectivity index (χ0n) is 14.1. The number of halogens is 1. The standard InChI is InChI=1S/C19H20BrN3O/c1-4-6-16-17(23-10-5-7-12(2)18(23)22-16)19(24)21-14-8-9-15(20)13(3)11-14/h5,7-11H,4,6H2,1-3H3,(H,21,24). The van der Waals surface area contributed by atoms with Gasteiger partial charge in [-0.2, -0.15) is 0 Å². The number of benzene rings is 1. The highest BCUT2D eigenvalue weighted by molar-refractivity contribution is 9.10. The van der Waals surface area contributed by atoms with Gasteiger partial charge >= 0.3 is 0 Å². The Morgan fingerprint density at radius 2 is 2.04 bits per heavy atom. The summed E-state index contributed by atoms with van der Waals surface area (Å²) >= 11 is 3.48. The minimum atomic E-state index is -0.127. The lowest BCUT2D eigenvalue weighted by molar-refractivity contribution is 0.102. The largest absolute Gasteiger partial charge is 0.321 e. The number of nitrogens with one attached hydrogen (secondary N) is 1. The Morgan fingerprint density at radius 3 is 2.75 bits per heavy atom. The molecule has 24 heavy (non-hydrogen) atoms. The van der Waals surface area contributed by atoms with Crippen molar-refractivity contribution in [2.75, 3.05) is 5.32 Å². The van der Waals surface area contributed by atoms with Crippen LogP contribution >= 0.6 is 15.9 Å². The van der Waals surface area contributed by atoms with Crippen LogP contribution in [0.5, 0.6) is 0 Å². The van der Waals surface area contributed by atoms with Crippen molar-refractivity contribution in [3.05, 3.63) is 63.5 Å². The predicted molar refractivity (Wildman–Crippen MR) is 101 cm³/mol. The number of carbonyl (C=O) groups is 1. The zero-order chi connectivity index (χ0) is 17.3. The van der Waals surface area contributed by atoms with Crippen LogP contribution in [-0.4, -0.2) is 15.3 Å². The summed E-state index contributed by atoms with van der Waals surface area (Å²) in [5.41, 5.74) is 5.24. The monoisotopic (exact) mass is 385 g/mol. The van der Waals surface area contributed by atoms with Gasteiger partial charge in [-0.05, 0) is 55.7 Å². The lowest BCUT2D eigenvalue weighted by atomic mass is 10.2. The van der Waals surface area contributed by atoms with Crippen LogP contribution in [0, 0.1) is 13.8 Å². The molecule has 0 saturated carbocycles. The van der Waals surface area contributed by atoms with Crippen LogP contribution in [0.4, 0.5) is 5.69 Å². The SMILES string of the molecule is CCCc1nc2c(C)cccn2c1C(=O)Nc1ccc(Br)c(C)c1. The van der Waals surface area contributed by atoms with E-state index in [2.05, 4.69) is 28.2 Å². The first-order valence-corrected chi connectivity index (χ1v) is 8.84. The fraction of sp³-hybridized carbons (Fsp3) is 0.263. The quantitative estimate of drug-likeness (QED) is 0.692. The molecule has 5 heteroatoms. The van der Waals surface area contributed by atoms with Crippen LogP contribution in [0.2, 0.25) is 0 Å². The lowest BCUT2D eigenvalue weighted by Gasteiger charge is -2.09. The molecule has 1 N–H and O–H groups in total. The molecule has 0 aliphatic carbocycles. The number of nitrogens with zero attached hydrogens (tertiary/aromatic N) is 2. The third kappa shape index (κ3) is 3.08. The Balaban J connectivity index is 2.03. The fourth-order valence-electron chi connectivity index (χ4n) is 2.82. The van der Waals surface area contributed by atoms with E-state index in [-0.39, 0.29) is 5.91 Å². The van der Waals surface area contributed by atoms with Gasteiger partial charge in [0.05, 0.1) is 5.69 Å². The summed E-state index contributed by atoms with van der Waals surface area (Å²) in [7, 11) is 0. The molecule has 0 fully saturated rings. The van der Waals surface area contributed by atoms with Gasteiger partial charge in [-0.15, -0.1) is 0 Å². The highest BCUT2D eigenvalue weighted by atomic mass is 79.9. The average molecular weight is 386 g/mol. The van der Waals surface area contributed by atoms with Crippen LogP contribution in [-0.2, 0) is 6.42 Å². The van der Waals surface area contributed by atoms with Crippen molar-refractivity contribution in [2.24, 2.45) is 0 Å². The molecule has 0 atom stereocenters. The number of aryl methyl sites for hydroxylation is 3. The maximum Gasteiger partial charge on any atom is 0.274 e. The summed E-state index contributed by atoms with van der Waals surface area (Å²) in [6.07, 6.45) is 3.63. The highest BCUT2D eigenvalue weighted by Gasteiger charge is 2.19. The van der Waals surface area contributed by atoms with E-state index in [1.165, 1.54) is 0 Å². The van der Waals surface area contributed by atoms with E-state index in [1.54, 1.807) is 0 Å². The Bertz CT molecular complexity index is 914. The van der Waals surface area contributed by atoms with Gasteiger partial charge in [-0.25, -0.2) is 4.98 Å². The molecular formula is C19H20BrN3O. The number of carbonyl (C=O) groups excluding carboxylic acids is 1. The lowest BCUT2D eigenvalue weighted by Crippen LogP contribution is -2.16. The second-order valence-corrected chi connectivity index (χ2v) is 6.81. The molecule has 4 nitrogen and oxygen atoms in total. The smallest absolute Gasteiger partial charge is 0.274 e. The second kappa shape index (κ2) is 6.77. The number of anilines is 1. The van der Waals surface area contributed by atoms with Crippen molar-refractivity contribution in [1.82, 2.24) is 9.38 Å².